The number of rotatable bonds is 3. The largest absolute Gasteiger partial charge is 0.456 e. The Labute approximate surface area is 246 Å². The van der Waals surface area contributed by atoms with Crippen LogP contribution < -0.4 is 0 Å². The summed E-state index contributed by atoms with van der Waals surface area (Å²) in [5.74, 6) is 1.94. The summed E-state index contributed by atoms with van der Waals surface area (Å²) in [6, 6.07) is 48.2. The monoisotopic (exact) mass is 549 g/mol. The molecule has 0 unspecified atom stereocenters. The molecule has 7 aromatic carbocycles. The average molecular weight is 550 g/mol. The van der Waals surface area contributed by atoms with E-state index in [9.17, 15) is 0 Å². The number of para-hydroxylation sites is 1. The second kappa shape index (κ2) is 9.33. The number of furan rings is 1. The van der Waals surface area contributed by atoms with Gasteiger partial charge in [0.2, 0.25) is 0 Å². The summed E-state index contributed by atoms with van der Waals surface area (Å²) in [6.07, 6.45) is 0. The minimum atomic E-state index is 0.640. The van der Waals surface area contributed by atoms with Gasteiger partial charge in [-0.25, -0.2) is 15.0 Å². The van der Waals surface area contributed by atoms with Crippen molar-refractivity contribution in [1.29, 1.82) is 0 Å². The fourth-order valence-electron chi connectivity index (χ4n) is 6.18. The van der Waals surface area contributed by atoms with Crippen LogP contribution >= 0.6 is 0 Å². The second-order valence-electron chi connectivity index (χ2n) is 10.9. The highest BCUT2D eigenvalue weighted by molar-refractivity contribution is 6.19. The summed E-state index contributed by atoms with van der Waals surface area (Å²) in [7, 11) is 0. The van der Waals surface area contributed by atoms with E-state index >= 15 is 0 Å². The highest BCUT2D eigenvalue weighted by Crippen LogP contribution is 2.36. The van der Waals surface area contributed by atoms with Crippen molar-refractivity contribution >= 4 is 54.3 Å². The normalized spacial score (nSPS) is 11.7. The Morgan fingerprint density at radius 3 is 1.79 bits per heavy atom. The van der Waals surface area contributed by atoms with Crippen molar-refractivity contribution in [2.45, 2.75) is 0 Å². The lowest BCUT2D eigenvalue weighted by Crippen LogP contribution is -2.00. The first kappa shape index (κ1) is 23.8. The maximum atomic E-state index is 6.13. The number of hydrogen-bond acceptors (Lipinski definition) is 4. The Morgan fingerprint density at radius 1 is 0.349 bits per heavy atom. The lowest BCUT2D eigenvalue weighted by atomic mass is 9.99. The summed E-state index contributed by atoms with van der Waals surface area (Å²) < 4.78 is 6.13. The van der Waals surface area contributed by atoms with E-state index in [-0.39, 0.29) is 0 Å². The van der Waals surface area contributed by atoms with Gasteiger partial charge in [-0.15, -0.1) is 0 Å². The molecule has 200 valence electrons. The number of fused-ring (bicyclic) bond motifs is 8. The predicted octanol–water partition coefficient (Wildman–Crippen LogP) is 10.2. The van der Waals surface area contributed by atoms with Crippen molar-refractivity contribution in [1.82, 2.24) is 15.0 Å². The zero-order chi connectivity index (χ0) is 28.3. The lowest BCUT2D eigenvalue weighted by molar-refractivity contribution is 0.669. The molecule has 0 amide bonds. The molecule has 0 spiro atoms. The van der Waals surface area contributed by atoms with Crippen LogP contribution in [0, 0.1) is 0 Å². The van der Waals surface area contributed by atoms with E-state index < -0.39 is 0 Å². The van der Waals surface area contributed by atoms with Crippen LogP contribution in [0.25, 0.3) is 88.4 Å². The molecule has 0 aliphatic heterocycles. The summed E-state index contributed by atoms with van der Waals surface area (Å²) in [5, 5.41) is 9.30. The van der Waals surface area contributed by atoms with Crippen LogP contribution in [-0.4, -0.2) is 15.0 Å². The van der Waals surface area contributed by atoms with Gasteiger partial charge in [-0.1, -0.05) is 115 Å². The highest BCUT2D eigenvalue weighted by Gasteiger charge is 2.15. The van der Waals surface area contributed by atoms with Crippen molar-refractivity contribution < 1.29 is 4.42 Å². The van der Waals surface area contributed by atoms with E-state index in [2.05, 4.69) is 97.1 Å². The fourth-order valence-corrected chi connectivity index (χ4v) is 6.18. The van der Waals surface area contributed by atoms with E-state index in [1.54, 1.807) is 0 Å². The number of benzene rings is 7. The molecule has 4 nitrogen and oxygen atoms in total. The van der Waals surface area contributed by atoms with Crippen LogP contribution in [0.4, 0.5) is 0 Å². The van der Waals surface area contributed by atoms with Gasteiger partial charge in [0.15, 0.2) is 17.5 Å². The molecule has 0 aliphatic carbocycles. The van der Waals surface area contributed by atoms with Crippen LogP contribution in [0.5, 0.6) is 0 Å². The molecule has 0 radical (unpaired) electrons. The minimum Gasteiger partial charge on any atom is -0.456 e. The van der Waals surface area contributed by atoms with Crippen molar-refractivity contribution in [2.24, 2.45) is 0 Å². The molecule has 2 heterocycles. The second-order valence-corrected chi connectivity index (χ2v) is 10.9. The summed E-state index contributed by atoms with van der Waals surface area (Å²) >= 11 is 0. The van der Waals surface area contributed by atoms with E-state index in [1.807, 2.05) is 42.5 Å². The molecule has 43 heavy (non-hydrogen) atoms. The standard InChI is InChI=1S/C39H23N3O/c1-2-9-26(10-3-1)37-40-38(28-18-20-31-27(22-28)19-21-35-36(31)32-12-6-7-13-34(32)43-35)42-39(41-37)29-17-16-25-15-14-24-8-4-5-11-30(24)33(25)23-29/h1-23H. The van der Waals surface area contributed by atoms with Crippen molar-refractivity contribution in [3.63, 3.8) is 0 Å². The molecule has 4 heteroatoms. The average Bonchev–Trinajstić information content (AvgIpc) is 3.47. The molecule has 0 saturated carbocycles. The smallest absolute Gasteiger partial charge is 0.164 e. The molecule has 2 aromatic heterocycles. The number of hydrogen-bond donors (Lipinski definition) is 0. The number of nitrogens with zero attached hydrogens (tertiary/aromatic N) is 3. The molecular weight excluding hydrogens is 526 g/mol. The number of aromatic nitrogens is 3. The van der Waals surface area contributed by atoms with Crippen molar-refractivity contribution in [2.75, 3.05) is 0 Å². The Kier molecular flexibility index (Phi) is 5.16. The molecule has 0 atom stereocenters. The summed E-state index contributed by atoms with van der Waals surface area (Å²) in [4.78, 5) is 15.0. The fraction of sp³-hybridized carbons (Fsp3) is 0. The first-order chi connectivity index (χ1) is 21.3. The summed E-state index contributed by atoms with van der Waals surface area (Å²) in [6.45, 7) is 0. The van der Waals surface area contributed by atoms with E-state index in [4.69, 9.17) is 19.4 Å². The molecule has 9 aromatic rings. The van der Waals surface area contributed by atoms with E-state index in [1.165, 1.54) is 21.5 Å². The van der Waals surface area contributed by atoms with Crippen molar-refractivity contribution in [3.05, 3.63) is 140 Å². The van der Waals surface area contributed by atoms with Gasteiger partial charge < -0.3 is 4.42 Å². The Balaban J connectivity index is 1.25. The maximum absolute atomic E-state index is 6.13. The van der Waals surface area contributed by atoms with Gasteiger partial charge in [0.25, 0.3) is 0 Å². The Morgan fingerprint density at radius 2 is 0.953 bits per heavy atom. The van der Waals surface area contributed by atoms with Crippen LogP contribution in [0.2, 0.25) is 0 Å². The first-order valence-electron chi connectivity index (χ1n) is 14.4. The lowest BCUT2D eigenvalue weighted by Gasteiger charge is -2.10. The predicted molar refractivity (Wildman–Crippen MR) is 176 cm³/mol. The Hall–Kier alpha value is -5.87. The highest BCUT2D eigenvalue weighted by atomic mass is 16.3. The maximum Gasteiger partial charge on any atom is 0.164 e. The van der Waals surface area contributed by atoms with Gasteiger partial charge in [0.05, 0.1) is 0 Å². The molecule has 0 N–H and O–H groups in total. The van der Waals surface area contributed by atoms with Gasteiger partial charge in [-0.3, -0.25) is 0 Å². The molecular formula is C39H23N3O. The van der Waals surface area contributed by atoms with Gasteiger partial charge in [-0.05, 0) is 56.6 Å². The molecule has 0 bridgehead atoms. The molecule has 9 rings (SSSR count). The SMILES string of the molecule is c1ccc(-c2nc(-c3ccc4c(ccc5oc6ccccc6c54)c3)nc(-c3ccc4ccc5ccccc5c4c3)n2)cc1. The Bertz CT molecular complexity index is 2510. The van der Waals surface area contributed by atoms with E-state index in [0.717, 1.165) is 49.4 Å². The quantitative estimate of drug-likeness (QED) is 0.206. The van der Waals surface area contributed by atoms with Crippen LogP contribution in [-0.2, 0) is 0 Å². The third-order valence-electron chi connectivity index (χ3n) is 8.29. The zero-order valence-corrected chi connectivity index (χ0v) is 23.0. The van der Waals surface area contributed by atoms with E-state index in [0.29, 0.717) is 17.5 Å². The third-order valence-corrected chi connectivity index (χ3v) is 8.29. The zero-order valence-electron chi connectivity index (χ0n) is 23.0. The van der Waals surface area contributed by atoms with Crippen LogP contribution in [0.1, 0.15) is 0 Å². The van der Waals surface area contributed by atoms with Gasteiger partial charge in [0, 0.05) is 27.5 Å². The van der Waals surface area contributed by atoms with Gasteiger partial charge in [0.1, 0.15) is 11.2 Å². The summed E-state index contributed by atoms with van der Waals surface area (Å²) in [5.41, 5.74) is 4.63. The third kappa shape index (κ3) is 3.88. The topological polar surface area (TPSA) is 51.8 Å². The molecule has 0 saturated heterocycles. The first-order valence-corrected chi connectivity index (χ1v) is 14.4. The van der Waals surface area contributed by atoms with Gasteiger partial charge >= 0.3 is 0 Å². The molecule has 0 fully saturated rings. The minimum absolute atomic E-state index is 0.640. The van der Waals surface area contributed by atoms with Crippen molar-refractivity contribution in [3.8, 4) is 34.2 Å². The molecule has 0 aliphatic rings. The van der Waals surface area contributed by atoms with Crippen LogP contribution in [0.3, 0.4) is 0 Å². The van der Waals surface area contributed by atoms with Gasteiger partial charge in [-0.2, -0.15) is 0 Å². The van der Waals surface area contributed by atoms with Crippen LogP contribution in [0.15, 0.2) is 144 Å².